The fraction of sp³-hybridized carbons (Fsp3) is 0.538. The molecule has 0 saturated carbocycles. The van der Waals surface area contributed by atoms with Crippen LogP contribution in [0.2, 0.25) is 0 Å². The van der Waals surface area contributed by atoms with E-state index >= 15 is 0 Å². The summed E-state index contributed by atoms with van der Waals surface area (Å²) in [6.45, 7) is 3.09. The Morgan fingerprint density at radius 1 is 1.39 bits per heavy atom. The van der Waals surface area contributed by atoms with Crippen LogP contribution in [-0.4, -0.2) is 30.6 Å². The van der Waals surface area contributed by atoms with Gasteiger partial charge in [-0.1, -0.05) is 12.1 Å². The zero-order valence-electron chi connectivity index (χ0n) is 10.4. The second kappa shape index (κ2) is 6.47. The Morgan fingerprint density at radius 2 is 2.17 bits per heavy atom. The molecule has 2 rings (SSSR count). The third kappa shape index (κ3) is 3.78. The highest BCUT2D eigenvalue weighted by Crippen LogP contribution is 2.12. The number of nitro groups is 1. The number of benzene rings is 1. The van der Waals surface area contributed by atoms with E-state index in [2.05, 4.69) is 10.6 Å². The van der Waals surface area contributed by atoms with E-state index in [0.29, 0.717) is 6.04 Å². The molecule has 5 nitrogen and oxygen atoms in total. The number of nitrogens with zero attached hydrogens (tertiary/aromatic N) is 1. The molecule has 0 bridgehead atoms. The number of rotatable bonds is 5. The van der Waals surface area contributed by atoms with Crippen molar-refractivity contribution in [1.82, 2.24) is 10.6 Å². The maximum atomic E-state index is 10.5. The van der Waals surface area contributed by atoms with E-state index in [1.54, 1.807) is 12.1 Å². The Hall–Kier alpha value is -1.46. The highest BCUT2D eigenvalue weighted by atomic mass is 16.6. The molecule has 1 atom stereocenters. The van der Waals surface area contributed by atoms with Crippen LogP contribution in [0.1, 0.15) is 18.4 Å². The molecule has 5 heteroatoms. The highest BCUT2D eigenvalue weighted by Gasteiger charge is 2.11. The van der Waals surface area contributed by atoms with Gasteiger partial charge in [0, 0.05) is 24.7 Å². The lowest BCUT2D eigenvalue weighted by Crippen LogP contribution is -2.43. The van der Waals surface area contributed by atoms with Crippen molar-refractivity contribution in [2.24, 2.45) is 0 Å². The van der Waals surface area contributed by atoms with Gasteiger partial charge in [-0.2, -0.15) is 0 Å². The molecular weight excluding hydrogens is 230 g/mol. The van der Waals surface area contributed by atoms with Gasteiger partial charge >= 0.3 is 0 Å². The van der Waals surface area contributed by atoms with Gasteiger partial charge in [0.25, 0.3) is 5.69 Å². The summed E-state index contributed by atoms with van der Waals surface area (Å²) in [7, 11) is 0. The summed E-state index contributed by atoms with van der Waals surface area (Å²) in [5.74, 6) is 0. The standard InChI is InChI=1S/C13H19N3O2/c17-16(18)13-5-3-11(4-6-13)7-9-15-12-2-1-8-14-10-12/h3-6,12,14-15H,1-2,7-10H2. The topological polar surface area (TPSA) is 67.2 Å². The SMILES string of the molecule is O=[N+]([O-])c1ccc(CCNC2CCCNC2)cc1. The maximum absolute atomic E-state index is 10.5. The summed E-state index contributed by atoms with van der Waals surface area (Å²) in [6, 6.07) is 7.36. The first-order chi connectivity index (χ1) is 8.75. The Labute approximate surface area is 107 Å². The summed E-state index contributed by atoms with van der Waals surface area (Å²) in [6.07, 6.45) is 3.37. The van der Waals surface area contributed by atoms with Crippen LogP contribution >= 0.6 is 0 Å². The summed E-state index contributed by atoms with van der Waals surface area (Å²) < 4.78 is 0. The molecule has 2 N–H and O–H groups in total. The van der Waals surface area contributed by atoms with E-state index in [0.717, 1.165) is 31.6 Å². The van der Waals surface area contributed by atoms with Crippen LogP contribution in [-0.2, 0) is 6.42 Å². The summed E-state index contributed by atoms with van der Waals surface area (Å²) in [5, 5.41) is 17.4. The highest BCUT2D eigenvalue weighted by molar-refractivity contribution is 5.32. The van der Waals surface area contributed by atoms with Crippen molar-refractivity contribution in [3.05, 3.63) is 39.9 Å². The lowest BCUT2D eigenvalue weighted by atomic mass is 10.1. The summed E-state index contributed by atoms with van der Waals surface area (Å²) in [5.41, 5.74) is 1.29. The molecule has 1 aliphatic heterocycles. The van der Waals surface area contributed by atoms with Gasteiger partial charge in [0.1, 0.15) is 0 Å². The molecule has 0 aliphatic carbocycles. The first-order valence-electron chi connectivity index (χ1n) is 6.43. The third-order valence-electron chi connectivity index (χ3n) is 3.29. The van der Waals surface area contributed by atoms with Gasteiger partial charge in [-0.05, 0) is 37.9 Å². The Bertz CT molecular complexity index is 386. The third-order valence-corrected chi connectivity index (χ3v) is 3.29. The lowest BCUT2D eigenvalue weighted by Gasteiger charge is -2.23. The molecule has 1 saturated heterocycles. The van der Waals surface area contributed by atoms with Crippen molar-refractivity contribution in [3.8, 4) is 0 Å². The van der Waals surface area contributed by atoms with Crippen LogP contribution in [0.5, 0.6) is 0 Å². The monoisotopic (exact) mass is 249 g/mol. The minimum atomic E-state index is -0.365. The fourth-order valence-electron chi connectivity index (χ4n) is 2.23. The van der Waals surface area contributed by atoms with E-state index in [9.17, 15) is 10.1 Å². The lowest BCUT2D eigenvalue weighted by molar-refractivity contribution is -0.384. The molecule has 1 aromatic carbocycles. The number of hydrogen-bond acceptors (Lipinski definition) is 4. The van der Waals surface area contributed by atoms with E-state index in [1.807, 2.05) is 12.1 Å². The number of nitrogens with one attached hydrogen (secondary N) is 2. The second-order valence-electron chi connectivity index (χ2n) is 4.67. The van der Waals surface area contributed by atoms with Crippen LogP contribution in [0.25, 0.3) is 0 Å². The molecule has 1 fully saturated rings. The van der Waals surface area contributed by atoms with E-state index in [1.165, 1.54) is 12.8 Å². The van der Waals surface area contributed by atoms with Crippen molar-refractivity contribution in [2.75, 3.05) is 19.6 Å². The molecule has 18 heavy (non-hydrogen) atoms. The minimum Gasteiger partial charge on any atom is -0.315 e. The quantitative estimate of drug-likeness (QED) is 0.612. The predicted octanol–water partition coefficient (Wildman–Crippen LogP) is 1.48. The first-order valence-corrected chi connectivity index (χ1v) is 6.43. The van der Waals surface area contributed by atoms with E-state index in [-0.39, 0.29) is 10.6 Å². The van der Waals surface area contributed by atoms with Crippen LogP contribution in [0.15, 0.2) is 24.3 Å². The van der Waals surface area contributed by atoms with Gasteiger partial charge in [-0.15, -0.1) is 0 Å². The fourth-order valence-corrected chi connectivity index (χ4v) is 2.23. The smallest absolute Gasteiger partial charge is 0.269 e. The maximum Gasteiger partial charge on any atom is 0.269 e. The first kappa shape index (κ1) is 13.0. The van der Waals surface area contributed by atoms with Crippen LogP contribution in [0.3, 0.4) is 0 Å². The van der Waals surface area contributed by atoms with Gasteiger partial charge in [0.2, 0.25) is 0 Å². The van der Waals surface area contributed by atoms with Gasteiger partial charge in [0.05, 0.1) is 4.92 Å². The van der Waals surface area contributed by atoms with Crippen molar-refractivity contribution in [1.29, 1.82) is 0 Å². The minimum absolute atomic E-state index is 0.156. The number of hydrogen-bond donors (Lipinski definition) is 2. The molecule has 1 heterocycles. The van der Waals surface area contributed by atoms with Crippen molar-refractivity contribution < 1.29 is 4.92 Å². The van der Waals surface area contributed by atoms with Gasteiger partial charge in [-0.25, -0.2) is 0 Å². The number of non-ortho nitro benzene ring substituents is 1. The molecule has 1 unspecified atom stereocenters. The zero-order chi connectivity index (χ0) is 12.8. The molecule has 0 spiro atoms. The molecule has 1 aromatic rings. The van der Waals surface area contributed by atoms with Gasteiger partial charge in [0.15, 0.2) is 0 Å². The van der Waals surface area contributed by atoms with E-state index < -0.39 is 0 Å². The van der Waals surface area contributed by atoms with Crippen molar-refractivity contribution >= 4 is 5.69 Å². The average Bonchev–Trinajstić information content (AvgIpc) is 2.40. The van der Waals surface area contributed by atoms with Crippen LogP contribution in [0.4, 0.5) is 5.69 Å². The second-order valence-corrected chi connectivity index (χ2v) is 4.67. The summed E-state index contributed by atoms with van der Waals surface area (Å²) >= 11 is 0. The normalized spacial score (nSPS) is 19.7. The average molecular weight is 249 g/mol. The Balaban J connectivity index is 1.74. The van der Waals surface area contributed by atoms with Gasteiger partial charge < -0.3 is 10.6 Å². The number of piperidine rings is 1. The number of nitro benzene ring substituents is 1. The van der Waals surface area contributed by atoms with Crippen molar-refractivity contribution in [2.45, 2.75) is 25.3 Å². The Morgan fingerprint density at radius 3 is 2.78 bits per heavy atom. The van der Waals surface area contributed by atoms with Crippen LogP contribution in [0, 0.1) is 10.1 Å². The molecule has 0 amide bonds. The largest absolute Gasteiger partial charge is 0.315 e. The molecular formula is C13H19N3O2. The zero-order valence-corrected chi connectivity index (χ0v) is 10.4. The Kier molecular flexibility index (Phi) is 4.66. The molecule has 98 valence electrons. The predicted molar refractivity (Wildman–Crippen MR) is 70.7 cm³/mol. The molecule has 1 aliphatic rings. The van der Waals surface area contributed by atoms with Crippen molar-refractivity contribution in [3.63, 3.8) is 0 Å². The van der Waals surface area contributed by atoms with Gasteiger partial charge in [-0.3, -0.25) is 10.1 Å². The molecule has 0 radical (unpaired) electrons. The van der Waals surface area contributed by atoms with E-state index in [4.69, 9.17) is 0 Å². The van der Waals surface area contributed by atoms with Crippen LogP contribution < -0.4 is 10.6 Å². The summed E-state index contributed by atoms with van der Waals surface area (Å²) in [4.78, 5) is 10.2. The molecule has 0 aromatic heterocycles.